The normalized spacial score (nSPS) is 10.4. The zero-order valence-electron chi connectivity index (χ0n) is 11.4. The Labute approximate surface area is 124 Å². The van der Waals surface area contributed by atoms with E-state index in [0.717, 1.165) is 11.8 Å². The minimum absolute atomic E-state index is 0.0585. The predicted octanol–water partition coefficient (Wildman–Crippen LogP) is 1.02. The molecule has 9 heteroatoms. The molecule has 0 aliphatic heterocycles. The van der Waals surface area contributed by atoms with Gasteiger partial charge in [0.05, 0.1) is 24.7 Å². The van der Waals surface area contributed by atoms with Crippen LogP contribution in [0.5, 0.6) is 0 Å². The summed E-state index contributed by atoms with van der Waals surface area (Å²) in [5.41, 5.74) is 0.712. The molecule has 21 heavy (non-hydrogen) atoms. The molecule has 0 aliphatic rings. The topological polar surface area (TPSA) is 107 Å². The lowest BCUT2D eigenvalue weighted by Crippen LogP contribution is -2.31. The molecule has 1 N–H and O–H groups in total. The number of carbonyl (C=O) groups excluding carboxylic acids is 2. The number of carbonyl (C=O) groups is 2. The predicted molar refractivity (Wildman–Crippen MR) is 72.5 cm³/mol. The van der Waals surface area contributed by atoms with E-state index >= 15 is 0 Å². The minimum Gasteiger partial charge on any atom is -0.469 e. The van der Waals surface area contributed by atoms with Gasteiger partial charge in [-0.05, 0) is 13.0 Å². The van der Waals surface area contributed by atoms with Crippen molar-refractivity contribution in [3.05, 3.63) is 18.1 Å². The van der Waals surface area contributed by atoms with Crippen LogP contribution in [0.1, 0.15) is 5.76 Å². The van der Waals surface area contributed by atoms with Gasteiger partial charge in [-0.2, -0.15) is 0 Å². The van der Waals surface area contributed by atoms with Gasteiger partial charge in [0.1, 0.15) is 12.3 Å². The SMILES string of the molecule is COC(=O)CNC(=O)CSc1nnc(-c2ccoc2C)o1. The first-order chi connectivity index (χ1) is 10.1. The number of nitrogens with one attached hydrogen (secondary N) is 1. The van der Waals surface area contributed by atoms with Crippen molar-refractivity contribution in [2.75, 3.05) is 19.4 Å². The third-order valence-corrected chi connectivity index (χ3v) is 3.30. The Morgan fingerprint density at radius 3 is 2.90 bits per heavy atom. The number of esters is 1. The van der Waals surface area contributed by atoms with Crippen molar-refractivity contribution in [1.82, 2.24) is 15.5 Å². The first kappa shape index (κ1) is 15.1. The molecule has 0 atom stereocenters. The van der Waals surface area contributed by atoms with Crippen LogP contribution in [0.15, 0.2) is 26.4 Å². The van der Waals surface area contributed by atoms with Gasteiger partial charge in [0.15, 0.2) is 0 Å². The van der Waals surface area contributed by atoms with Gasteiger partial charge < -0.3 is 18.9 Å². The number of hydrogen-bond donors (Lipinski definition) is 1. The number of nitrogens with zero attached hydrogens (tertiary/aromatic N) is 2. The summed E-state index contributed by atoms with van der Waals surface area (Å²) in [5, 5.41) is 10.4. The Hall–Kier alpha value is -2.29. The quantitative estimate of drug-likeness (QED) is 0.622. The molecule has 0 unspecified atom stereocenters. The van der Waals surface area contributed by atoms with E-state index in [4.69, 9.17) is 8.83 Å². The van der Waals surface area contributed by atoms with Gasteiger partial charge in [0, 0.05) is 0 Å². The second-order valence-corrected chi connectivity index (χ2v) is 4.83. The van der Waals surface area contributed by atoms with Crippen molar-refractivity contribution in [2.45, 2.75) is 12.1 Å². The van der Waals surface area contributed by atoms with Gasteiger partial charge in [-0.1, -0.05) is 11.8 Å². The Morgan fingerprint density at radius 1 is 1.43 bits per heavy atom. The number of ether oxygens (including phenoxy) is 1. The van der Waals surface area contributed by atoms with E-state index in [0.29, 0.717) is 17.2 Å². The van der Waals surface area contributed by atoms with Gasteiger partial charge in [-0.15, -0.1) is 10.2 Å². The van der Waals surface area contributed by atoms with Gasteiger partial charge >= 0.3 is 5.97 Å². The van der Waals surface area contributed by atoms with Crippen molar-refractivity contribution in [3.8, 4) is 11.5 Å². The van der Waals surface area contributed by atoms with Crippen molar-refractivity contribution in [3.63, 3.8) is 0 Å². The molecule has 2 aromatic rings. The van der Waals surface area contributed by atoms with Crippen LogP contribution in [0.3, 0.4) is 0 Å². The van der Waals surface area contributed by atoms with E-state index in [-0.39, 0.29) is 23.4 Å². The highest BCUT2D eigenvalue weighted by atomic mass is 32.2. The molecule has 2 heterocycles. The standard InChI is InChI=1S/C12H13N3O5S/c1-7-8(3-4-19-7)11-14-15-12(20-11)21-6-9(16)13-5-10(17)18-2/h3-4H,5-6H2,1-2H3,(H,13,16). The monoisotopic (exact) mass is 311 g/mol. The fraction of sp³-hybridized carbons (Fsp3) is 0.333. The van der Waals surface area contributed by atoms with Crippen LogP contribution in [0, 0.1) is 6.92 Å². The summed E-state index contributed by atoms with van der Waals surface area (Å²) in [6, 6.07) is 1.72. The molecule has 0 aliphatic carbocycles. The molecule has 0 fully saturated rings. The maximum Gasteiger partial charge on any atom is 0.325 e. The Kier molecular flexibility index (Phi) is 4.99. The van der Waals surface area contributed by atoms with Crippen LogP contribution in [0.2, 0.25) is 0 Å². The lowest BCUT2D eigenvalue weighted by Gasteiger charge is -2.01. The molecule has 0 radical (unpaired) electrons. The summed E-state index contributed by atoms with van der Waals surface area (Å²) in [6.45, 7) is 1.62. The number of methoxy groups -OCH3 is 1. The number of furan rings is 1. The molecule has 2 rings (SSSR count). The minimum atomic E-state index is -0.510. The second-order valence-electron chi connectivity index (χ2n) is 3.91. The number of thioether (sulfide) groups is 1. The highest BCUT2D eigenvalue weighted by Crippen LogP contribution is 2.25. The third kappa shape index (κ3) is 4.09. The zero-order chi connectivity index (χ0) is 15.2. The van der Waals surface area contributed by atoms with Crippen LogP contribution < -0.4 is 5.32 Å². The molecule has 112 valence electrons. The molecule has 1 amide bonds. The number of rotatable bonds is 6. The van der Waals surface area contributed by atoms with E-state index in [1.807, 2.05) is 0 Å². The molecule has 8 nitrogen and oxygen atoms in total. The lowest BCUT2D eigenvalue weighted by molar-refractivity contribution is -0.140. The highest BCUT2D eigenvalue weighted by molar-refractivity contribution is 7.99. The smallest absolute Gasteiger partial charge is 0.325 e. The van der Waals surface area contributed by atoms with Crippen LogP contribution in [0.25, 0.3) is 11.5 Å². The Balaban J connectivity index is 1.85. The van der Waals surface area contributed by atoms with E-state index in [1.54, 1.807) is 13.0 Å². The van der Waals surface area contributed by atoms with Crippen LogP contribution in [-0.2, 0) is 14.3 Å². The Morgan fingerprint density at radius 2 is 2.24 bits per heavy atom. The number of hydrogen-bond acceptors (Lipinski definition) is 8. The molecule has 0 saturated heterocycles. The average Bonchev–Trinajstić information content (AvgIpc) is 3.10. The Bertz CT molecular complexity index is 636. The van der Waals surface area contributed by atoms with Gasteiger partial charge in [-0.3, -0.25) is 9.59 Å². The van der Waals surface area contributed by atoms with E-state index < -0.39 is 5.97 Å². The van der Waals surface area contributed by atoms with Crippen molar-refractivity contribution in [2.24, 2.45) is 0 Å². The van der Waals surface area contributed by atoms with Crippen molar-refractivity contribution >= 4 is 23.6 Å². The summed E-state index contributed by atoms with van der Waals surface area (Å²) >= 11 is 1.08. The fourth-order valence-electron chi connectivity index (χ4n) is 1.41. The molecule has 0 spiro atoms. The van der Waals surface area contributed by atoms with Gasteiger partial charge in [0.25, 0.3) is 11.1 Å². The molecule has 0 bridgehead atoms. The summed E-state index contributed by atoms with van der Waals surface area (Å²) in [6.07, 6.45) is 1.53. The van der Waals surface area contributed by atoms with Crippen LogP contribution >= 0.6 is 11.8 Å². The number of amides is 1. The maximum absolute atomic E-state index is 11.5. The van der Waals surface area contributed by atoms with Crippen LogP contribution in [-0.4, -0.2) is 41.5 Å². The summed E-state index contributed by atoms with van der Waals surface area (Å²) in [4.78, 5) is 22.3. The molecular weight excluding hydrogens is 298 g/mol. The molecule has 2 aromatic heterocycles. The van der Waals surface area contributed by atoms with Gasteiger partial charge in [-0.25, -0.2) is 0 Å². The average molecular weight is 311 g/mol. The molecular formula is C12H13N3O5S. The molecule has 0 aromatic carbocycles. The first-order valence-corrected chi connectivity index (χ1v) is 6.93. The van der Waals surface area contributed by atoms with Gasteiger partial charge in [0.2, 0.25) is 5.91 Å². The summed E-state index contributed by atoms with van der Waals surface area (Å²) in [7, 11) is 1.25. The molecule has 0 saturated carbocycles. The third-order valence-electron chi connectivity index (χ3n) is 2.48. The first-order valence-electron chi connectivity index (χ1n) is 5.94. The zero-order valence-corrected chi connectivity index (χ0v) is 12.2. The highest BCUT2D eigenvalue weighted by Gasteiger charge is 2.14. The number of aryl methyl sites for hydroxylation is 1. The van der Waals surface area contributed by atoms with E-state index in [9.17, 15) is 9.59 Å². The van der Waals surface area contributed by atoms with Crippen molar-refractivity contribution < 1.29 is 23.2 Å². The largest absolute Gasteiger partial charge is 0.469 e. The van der Waals surface area contributed by atoms with Crippen molar-refractivity contribution in [1.29, 1.82) is 0 Å². The van der Waals surface area contributed by atoms with E-state index in [2.05, 4.69) is 20.3 Å². The second kappa shape index (κ2) is 6.93. The maximum atomic E-state index is 11.5. The number of aromatic nitrogens is 2. The lowest BCUT2D eigenvalue weighted by atomic mass is 10.3. The van der Waals surface area contributed by atoms with Crippen LogP contribution in [0.4, 0.5) is 0 Å². The summed E-state index contributed by atoms with van der Waals surface area (Å²) in [5.74, 6) is 0.224. The van der Waals surface area contributed by atoms with E-state index in [1.165, 1.54) is 13.4 Å². The summed E-state index contributed by atoms with van der Waals surface area (Å²) < 4.78 is 15.0. The fourth-order valence-corrected chi connectivity index (χ4v) is 2.00.